The smallest absolute Gasteiger partial charge is 0.271 e. The summed E-state index contributed by atoms with van der Waals surface area (Å²) >= 11 is 0. The van der Waals surface area contributed by atoms with Crippen LogP contribution < -0.4 is 16.0 Å². The molecule has 2 amide bonds. The summed E-state index contributed by atoms with van der Waals surface area (Å²) in [6.07, 6.45) is 10.3. The van der Waals surface area contributed by atoms with E-state index in [1.807, 2.05) is 24.1 Å². The minimum atomic E-state index is -0.651. The van der Waals surface area contributed by atoms with Crippen LogP contribution in [0.4, 0.5) is 17.3 Å². The lowest BCUT2D eigenvalue weighted by Crippen LogP contribution is -2.51. The molecular weight excluding hydrogens is 456 g/mol. The van der Waals surface area contributed by atoms with Crippen LogP contribution in [-0.2, 0) is 7.05 Å². The molecule has 10 heteroatoms. The number of benzene rings is 1. The molecule has 3 aliphatic rings. The van der Waals surface area contributed by atoms with Crippen molar-refractivity contribution in [2.24, 2.45) is 12.8 Å². The molecule has 2 unspecified atom stereocenters. The molecule has 1 aromatic carbocycles. The van der Waals surface area contributed by atoms with Gasteiger partial charge < -0.3 is 20.9 Å². The first-order valence-electron chi connectivity index (χ1n) is 12.6. The summed E-state index contributed by atoms with van der Waals surface area (Å²) in [7, 11) is 1.81. The van der Waals surface area contributed by atoms with Gasteiger partial charge in [-0.25, -0.2) is 9.97 Å². The molecule has 3 aromatic rings. The zero-order valence-corrected chi connectivity index (χ0v) is 20.3. The SMILES string of the molecule is Cn1cc(Nc2nc(N3CCCC4C3CCN4C(=O)c3ccc(C4CC4)cc3)cnc2C(N)=O)cn1. The fraction of sp³-hybridized carbons (Fsp3) is 0.423. The van der Waals surface area contributed by atoms with Crippen molar-refractivity contribution in [2.45, 2.75) is 50.1 Å². The second kappa shape index (κ2) is 8.92. The van der Waals surface area contributed by atoms with E-state index >= 15 is 0 Å². The number of primary amides is 1. The van der Waals surface area contributed by atoms with Gasteiger partial charge in [0.25, 0.3) is 11.8 Å². The van der Waals surface area contributed by atoms with E-state index in [0.29, 0.717) is 29.8 Å². The fourth-order valence-electron chi connectivity index (χ4n) is 5.61. The number of aryl methyl sites for hydroxylation is 1. The van der Waals surface area contributed by atoms with E-state index in [1.54, 1.807) is 23.3 Å². The highest BCUT2D eigenvalue weighted by atomic mass is 16.2. The van der Waals surface area contributed by atoms with Gasteiger partial charge in [0.2, 0.25) is 0 Å². The Hall–Kier alpha value is -3.95. The number of fused-ring (bicyclic) bond motifs is 1. The van der Waals surface area contributed by atoms with Gasteiger partial charge in [0, 0.05) is 31.9 Å². The molecule has 186 valence electrons. The predicted octanol–water partition coefficient (Wildman–Crippen LogP) is 2.81. The number of rotatable bonds is 6. The Morgan fingerprint density at radius 2 is 1.83 bits per heavy atom. The second-order valence-electron chi connectivity index (χ2n) is 9.97. The summed E-state index contributed by atoms with van der Waals surface area (Å²) in [5.41, 5.74) is 8.42. The van der Waals surface area contributed by atoms with Gasteiger partial charge in [0.1, 0.15) is 5.82 Å². The summed E-state index contributed by atoms with van der Waals surface area (Å²) in [5.74, 6) is 1.10. The van der Waals surface area contributed by atoms with E-state index in [9.17, 15) is 9.59 Å². The summed E-state index contributed by atoms with van der Waals surface area (Å²) in [6.45, 7) is 1.53. The molecule has 0 bridgehead atoms. The van der Waals surface area contributed by atoms with Crippen molar-refractivity contribution in [3.63, 3.8) is 0 Å². The molecule has 2 aromatic heterocycles. The zero-order valence-electron chi connectivity index (χ0n) is 20.3. The third-order valence-corrected chi connectivity index (χ3v) is 7.53. The Morgan fingerprint density at radius 1 is 1.03 bits per heavy atom. The number of hydrogen-bond donors (Lipinski definition) is 2. The van der Waals surface area contributed by atoms with Crippen molar-refractivity contribution in [1.29, 1.82) is 0 Å². The maximum Gasteiger partial charge on any atom is 0.271 e. The van der Waals surface area contributed by atoms with E-state index in [4.69, 9.17) is 10.7 Å². The van der Waals surface area contributed by atoms with E-state index in [0.717, 1.165) is 31.4 Å². The summed E-state index contributed by atoms with van der Waals surface area (Å²) in [6, 6.07) is 8.44. The maximum atomic E-state index is 13.4. The van der Waals surface area contributed by atoms with Crippen LogP contribution in [0.15, 0.2) is 42.9 Å². The number of piperidine rings is 1. The number of nitrogens with one attached hydrogen (secondary N) is 1. The first-order chi connectivity index (χ1) is 17.5. The third kappa shape index (κ3) is 4.16. The molecular formula is C26H30N8O2. The minimum Gasteiger partial charge on any atom is -0.364 e. The average Bonchev–Trinajstić information content (AvgIpc) is 3.52. The molecule has 2 atom stereocenters. The van der Waals surface area contributed by atoms with Gasteiger partial charge >= 0.3 is 0 Å². The Bertz CT molecular complexity index is 1300. The molecule has 10 nitrogen and oxygen atoms in total. The van der Waals surface area contributed by atoms with Crippen LogP contribution in [-0.4, -0.2) is 61.6 Å². The molecule has 36 heavy (non-hydrogen) atoms. The largest absolute Gasteiger partial charge is 0.364 e. The number of amides is 2. The second-order valence-corrected chi connectivity index (χ2v) is 9.97. The van der Waals surface area contributed by atoms with E-state index in [2.05, 4.69) is 32.4 Å². The van der Waals surface area contributed by atoms with Crippen LogP contribution in [0, 0.1) is 0 Å². The van der Waals surface area contributed by atoms with Crippen LogP contribution in [0.5, 0.6) is 0 Å². The molecule has 0 spiro atoms. The number of anilines is 3. The summed E-state index contributed by atoms with van der Waals surface area (Å²) in [4.78, 5) is 38.8. The highest BCUT2D eigenvalue weighted by Crippen LogP contribution is 2.40. The Kier molecular flexibility index (Phi) is 5.58. The maximum absolute atomic E-state index is 13.4. The first kappa shape index (κ1) is 22.5. The van der Waals surface area contributed by atoms with Gasteiger partial charge in [0.05, 0.1) is 30.2 Å². The van der Waals surface area contributed by atoms with Gasteiger partial charge in [-0.05, 0) is 55.7 Å². The molecule has 6 rings (SSSR count). The number of nitrogens with two attached hydrogens (primary N) is 1. The lowest BCUT2D eigenvalue weighted by molar-refractivity contribution is 0.0713. The van der Waals surface area contributed by atoms with Crippen molar-refractivity contribution in [2.75, 3.05) is 23.3 Å². The van der Waals surface area contributed by atoms with Crippen LogP contribution >= 0.6 is 0 Å². The lowest BCUT2D eigenvalue weighted by atomic mass is 9.96. The molecule has 3 fully saturated rings. The van der Waals surface area contributed by atoms with Crippen molar-refractivity contribution < 1.29 is 9.59 Å². The molecule has 2 saturated heterocycles. The zero-order chi connectivity index (χ0) is 24.8. The number of nitrogens with zero attached hydrogens (tertiary/aromatic N) is 6. The van der Waals surface area contributed by atoms with Crippen molar-refractivity contribution in [3.8, 4) is 0 Å². The standard InChI is InChI=1S/C26H30N8O2/c1-32-15-19(13-29-32)30-25-23(24(27)35)28-14-22(31-25)33-11-2-3-20-21(33)10-12-34(20)26(36)18-8-6-17(7-9-18)16-4-5-16/h6-9,13-16,20-21H,2-5,10-12H2,1H3,(H2,27,35)(H,30,31). The molecule has 1 saturated carbocycles. The van der Waals surface area contributed by atoms with Crippen molar-refractivity contribution in [3.05, 3.63) is 59.7 Å². The molecule has 2 aliphatic heterocycles. The highest BCUT2D eigenvalue weighted by Gasteiger charge is 2.43. The van der Waals surface area contributed by atoms with Crippen LogP contribution in [0.3, 0.4) is 0 Å². The predicted molar refractivity (Wildman–Crippen MR) is 135 cm³/mol. The van der Waals surface area contributed by atoms with E-state index < -0.39 is 5.91 Å². The minimum absolute atomic E-state index is 0.0778. The van der Waals surface area contributed by atoms with Gasteiger partial charge in [-0.3, -0.25) is 14.3 Å². The van der Waals surface area contributed by atoms with Gasteiger partial charge in [0.15, 0.2) is 11.5 Å². The molecule has 3 N–H and O–H groups in total. The fourth-order valence-corrected chi connectivity index (χ4v) is 5.61. The third-order valence-electron chi connectivity index (χ3n) is 7.53. The molecule has 0 radical (unpaired) electrons. The number of carbonyl (C=O) groups excluding carboxylic acids is 2. The van der Waals surface area contributed by atoms with Crippen molar-refractivity contribution >= 4 is 29.1 Å². The quantitative estimate of drug-likeness (QED) is 0.549. The Balaban J connectivity index is 1.23. The van der Waals surface area contributed by atoms with Gasteiger partial charge in [-0.1, -0.05) is 12.1 Å². The van der Waals surface area contributed by atoms with Crippen LogP contribution in [0.25, 0.3) is 0 Å². The number of carbonyl (C=O) groups is 2. The van der Waals surface area contributed by atoms with E-state index in [1.165, 1.54) is 18.4 Å². The molecule has 1 aliphatic carbocycles. The number of hydrogen-bond acceptors (Lipinski definition) is 7. The van der Waals surface area contributed by atoms with Gasteiger partial charge in [-0.2, -0.15) is 5.10 Å². The number of likely N-dealkylation sites (tertiary alicyclic amines) is 1. The Labute approximate surface area is 209 Å². The highest BCUT2D eigenvalue weighted by molar-refractivity contribution is 5.96. The average molecular weight is 487 g/mol. The lowest BCUT2D eigenvalue weighted by Gasteiger charge is -2.40. The van der Waals surface area contributed by atoms with Gasteiger partial charge in [-0.15, -0.1) is 0 Å². The van der Waals surface area contributed by atoms with E-state index in [-0.39, 0.29) is 23.7 Å². The molecule has 4 heterocycles. The normalized spacial score (nSPS) is 21.4. The topological polar surface area (TPSA) is 122 Å². The summed E-state index contributed by atoms with van der Waals surface area (Å²) in [5, 5.41) is 7.28. The first-order valence-corrected chi connectivity index (χ1v) is 12.6. The van der Waals surface area contributed by atoms with Crippen molar-refractivity contribution in [1.82, 2.24) is 24.6 Å². The number of aromatic nitrogens is 4. The van der Waals surface area contributed by atoms with Crippen LogP contribution in [0.2, 0.25) is 0 Å². The summed E-state index contributed by atoms with van der Waals surface area (Å²) < 4.78 is 1.66. The van der Waals surface area contributed by atoms with Crippen LogP contribution in [0.1, 0.15) is 64.4 Å². The Morgan fingerprint density at radius 3 is 2.53 bits per heavy atom. The monoisotopic (exact) mass is 486 g/mol.